The van der Waals surface area contributed by atoms with Crippen LogP contribution in [0.1, 0.15) is 0 Å². The number of oxazole rings is 1. The third-order valence-electron chi connectivity index (χ3n) is 5.30. The molecule has 6 rings (SSSR count). The van der Waals surface area contributed by atoms with E-state index in [2.05, 4.69) is 105 Å². The van der Waals surface area contributed by atoms with Gasteiger partial charge < -0.3 is 8.98 Å². The number of para-hydroxylation sites is 2. The van der Waals surface area contributed by atoms with E-state index in [1.807, 2.05) is 18.2 Å². The number of aromatic nitrogens is 2. The molecular formula is C25H15IN2O. The van der Waals surface area contributed by atoms with Gasteiger partial charge in [0.15, 0.2) is 5.58 Å². The van der Waals surface area contributed by atoms with Crippen molar-refractivity contribution in [3.05, 3.63) is 94.6 Å². The Balaban J connectivity index is 1.50. The molecule has 2 heterocycles. The molecule has 29 heavy (non-hydrogen) atoms. The maximum Gasteiger partial charge on any atom is 0.227 e. The highest BCUT2D eigenvalue weighted by atomic mass is 127. The van der Waals surface area contributed by atoms with E-state index in [9.17, 15) is 0 Å². The molecular weight excluding hydrogens is 471 g/mol. The van der Waals surface area contributed by atoms with E-state index < -0.39 is 0 Å². The maximum atomic E-state index is 5.98. The van der Waals surface area contributed by atoms with Gasteiger partial charge in [-0.05, 0) is 77.2 Å². The van der Waals surface area contributed by atoms with Crippen molar-refractivity contribution < 1.29 is 4.42 Å². The quantitative estimate of drug-likeness (QED) is 0.243. The van der Waals surface area contributed by atoms with Gasteiger partial charge in [-0.1, -0.05) is 36.4 Å². The summed E-state index contributed by atoms with van der Waals surface area (Å²) in [7, 11) is 0. The number of hydrogen-bond acceptors (Lipinski definition) is 2. The van der Waals surface area contributed by atoms with Crippen molar-refractivity contribution in [2.24, 2.45) is 0 Å². The Hall–Kier alpha value is -3.12. The van der Waals surface area contributed by atoms with Crippen LogP contribution >= 0.6 is 22.6 Å². The lowest BCUT2D eigenvalue weighted by Crippen LogP contribution is -1.93. The molecule has 4 aromatic carbocycles. The molecule has 0 bridgehead atoms. The van der Waals surface area contributed by atoms with Crippen LogP contribution in [0.4, 0.5) is 0 Å². The predicted molar refractivity (Wildman–Crippen MR) is 127 cm³/mol. The van der Waals surface area contributed by atoms with Gasteiger partial charge in [0.05, 0.1) is 11.0 Å². The standard InChI is InChI=1S/C25H15IN2O/c26-17-11-14-21-24(15-17)29-25(27-21)16-9-12-18(13-10-16)28-22-7-3-1-5-19(22)20-6-2-4-8-23(20)28/h1-15H. The molecule has 0 spiro atoms. The second-order valence-corrected chi connectivity index (χ2v) is 8.29. The lowest BCUT2D eigenvalue weighted by Gasteiger charge is -2.08. The summed E-state index contributed by atoms with van der Waals surface area (Å²) in [5.74, 6) is 0.649. The van der Waals surface area contributed by atoms with Crippen LogP contribution in [0.25, 0.3) is 50.0 Å². The van der Waals surface area contributed by atoms with Crippen LogP contribution < -0.4 is 0 Å². The summed E-state index contributed by atoms with van der Waals surface area (Å²) in [6.07, 6.45) is 0. The molecule has 0 amide bonds. The fourth-order valence-corrected chi connectivity index (χ4v) is 4.44. The molecule has 0 radical (unpaired) electrons. The average Bonchev–Trinajstić information content (AvgIpc) is 3.33. The van der Waals surface area contributed by atoms with Crippen molar-refractivity contribution in [3.8, 4) is 17.1 Å². The lowest BCUT2D eigenvalue weighted by molar-refractivity contribution is 0.619. The molecule has 0 fully saturated rings. The van der Waals surface area contributed by atoms with Gasteiger partial charge in [0, 0.05) is 25.6 Å². The Morgan fingerprint density at radius 2 is 1.38 bits per heavy atom. The lowest BCUT2D eigenvalue weighted by atomic mass is 10.2. The first-order valence-corrected chi connectivity index (χ1v) is 10.5. The number of hydrogen-bond donors (Lipinski definition) is 0. The molecule has 0 unspecified atom stereocenters. The summed E-state index contributed by atoms with van der Waals surface area (Å²) >= 11 is 2.29. The fraction of sp³-hybridized carbons (Fsp3) is 0. The molecule has 0 aliphatic carbocycles. The zero-order valence-corrected chi connectivity index (χ0v) is 17.5. The molecule has 138 valence electrons. The first kappa shape index (κ1) is 16.8. The summed E-state index contributed by atoms with van der Waals surface area (Å²) in [4.78, 5) is 4.64. The van der Waals surface area contributed by atoms with Gasteiger partial charge in [0.2, 0.25) is 5.89 Å². The van der Waals surface area contributed by atoms with E-state index in [0.29, 0.717) is 5.89 Å². The molecule has 0 atom stereocenters. The van der Waals surface area contributed by atoms with Gasteiger partial charge in [-0.25, -0.2) is 4.98 Å². The Bertz CT molecular complexity index is 1460. The van der Waals surface area contributed by atoms with E-state index >= 15 is 0 Å². The molecule has 0 saturated carbocycles. The Morgan fingerprint density at radius 3 is 2.07 bits per heavy atom. The van der Waals surface area contributed by atoms with Crippen molar-refractivity contribution >= 4 is 55.5 Å². The van der Waals surface area contributed by atoms with Crippen LogP contribution in [0.3, 0.4) is 0 Å². The number of rotatable bonds is 2. The Morgan fingerprint density at radius 1 is 0.724 bits per heavy atom. The Labute approximate surface area is 180 Å². The first-order valence-electron chi connectivity index (χ1n) is 9.43. The minimum Gasteiger partial charge on any atom is -0.436 e. The SMILES string of the molecule is Ic1ccc2nc(-c3ccc(-n4c5ccccc5c5ccccc54)cc3)oc2c1. The van der Waals surface area contributed by atoms with Crippen molar-refractivity contribution in [3.63, 3.8) is 0 Å². The number of nitrogens with zero attached hydrogens (tertiary/aromatic N) is 2. The van der Waals surface area contributed by atoms with Crippen molar-refractivity contribution in [1.82, 2.24) is 9.55 Å². The van der Waals surface area contributed by atoms with E-state index in [1.54, 1.807) is 0 Å². The highest BCUT2D eigenvalue weighted by molar-refractivity contribution is 14.1. The second kappa shape index (κ2) is 6.46. The molecule has 0 saturated heterocycles. The second-order valence-electron chi connectivity index (χ2n) is 7.05. The predicted octanol–water partition coefficient (Wildman–Crippen LogP) is 7.20. The molecule has 6 aromatic rings. The van der Waals surface area contributed by atoms with Crippen LogP contribution in [0.15, 0.2) is 95.4 Å². The third-order valence-corrected chi connectivity index (χ3v) is 5.97. The van der Waals surface area contributed by atoms with E-state index in [-0.39, 0.29) is 0 Å². The van der Waals surface area contributed by atoms with Gasteiger partial charge in [-0.2, -0.15) is 0 Å². The maximum absolute atomic E-state index is 5.98. The molecule has 0 aliphatic rings. The normalized spacial score (nSPS) is 11.6. The third kappa shape index (κ3) is 2.67. The first-order chi connectivity index (χ1) is 14.3. The highest BCUT2D eigenvalue weighted by Gasteiger charge is 2.13. The van der Waals surface area contributed by atoms with Crippen LogP contribution in [0, 0.1) is 3.57 Å². The van der Waals surface area contributed by atoms with E-state index in [1.165, 1.54) is 21.8 Å². The molecule has 0 aliphatic heterocycles. The zero-order valence-electron chi connectivity index (χ0n) is 15.3. The monoisotopic (exact) mass is 486 g/mol. The van der Waals surface area contributed by atoms with E-state index in [4.69, 9.17) is 4.42 Å². The largest absolute Gasteiger partial charge is 0.436 e. The minimum atomic E-state index is 0.649. The van der Waals surface area contributed by atoms with Gasteiger partial charge in [-0.3, -0.25) is 0 Å². The summed E-state index contributed by atoms with van der Waals surface area (Å²) in [5.41, 5.74) is 6.21. The summed E-state index contributed by atoms with van der Waals surface area (Å²) in [6, 6.07) is 31.5. The smallest absolute Gasteiger partial charge is 0.227 e. The van der Waals surface area contributed by atoms with Gasteiger partial charge in [0.25, 0.3) is 0 Å². The highest BCUT2D eigenvalue weighted by Crippen LogP contribution is 2.33. The number of benzene rings is 4. The molecule has 2 aromatic heterocycles. The van der Waals surface area contributed by atoms with E-state index in [0.717, 1.165) is 25.9 Å². The van der Waals surface area contributed by atoms with Crippen LogP contribution in [0.2, 0.25) is 0 Å². The van der Waals surface area contributed by atoms with Crippen LogP contribution in [-0.4, -0.2) is 9.55 Å². The topological polar surface area (TPSA) is 31.0 Å². The fourth-order valence-electron chi connectivity index (χ4n) is 3.98. The minimum absolute atomic E-state index is 0.649. The van der Waals surface area contributed by atoms with Gasteiger partial charge in [-0.15, -0.1) is 0 Å². The van der Waals surface area contributed by atoms with Crippen LogP contribution in [0.5, 0.6) is 0 Å². The zero-order chi connectivity index (χ0) is 19.4. The van der Waals surface area contributed by atoms with Crippen molar-refractivity contribution in [2.45, 2.75) is 0 Å². The summed E-state index contributed by atoms with van der Waals surface area (Å²) in [5, 5.41) is 2.53. The molecule has 3 nitrogen and oxygen atoms in total. The summed E-state index contributed by atoms with van der Waals surface area (Å²) < 4.78 is 9.43. The van der Waals surface area contributed by atoms with Gasteiger partial charge in [0.1, 0.15) is 5.52 Å². The van der Waals surface area contributed by atoms with Gasteiger partial charge >= 0.3 is 0 Å². The average molecular weight is 486 g/mol. The summed E-state index contributed by atoms with van der Waals surface area (Å²) in [6.45, 7) is 0. The Kier molecular flexibility index (Phi) is 3.74. The molecule has 0 N–H and O–H groups in total. The number of fused-ring (bicyclic) bond motifs is 4. The van der Waals surface area contributed by atoms with Crippen molar-refractivity contribution in [1.29, 1.82) is 0 Å². The van der Waals surface area contributed by atoms with Crippen LogP contribution in [-0.2, 0) is 0 Å². The molecule has 4 heteroatoms. The number of halogens is 1. The van der Waals surface area contributed by atoms with Crippen molar-refractivity contribution in [2.75, 3.05) is 0 Å².